The van der Waals surface area contributed by atoms with Gasteiger partial charge < -0.3 is 4.74 Å². The number of amides is 1. The first-order valence-electron chi connectivity index (χ1n) is 9.93. The highest BCUT2D eigenvalue weighted by Crippen LogP contribution is 2.28. The van der Waals surface area contributed by atoms with E-state index in [2.05, 4.69) is 0 Å². The predicted octanol–water partition coefficient (Wildman–Crippen LogP) is 4.92. The number of anilines is 1. The van der Waals surface area contributed by atoms with Crippen molar-refractivity contribution in [3.05, 3.63) is 106 Å². The molecule has 0 bridgehead atoms. The third-order valence-electron chi connectivity index (χ3n) is 5.03. The van der Waals surface area contributed by atoms with Crippen molar-refractivity contribution in [3.63, 3.8) is 0 Å². The van der Waals surface area contributed by atoms with Gasteiger partial charge in [0.1, 0.15) is 11.5 Å². The number of methoxy groups -OCH3 is 1. The van der Waals surface area contributed by atoms with Crippen molar-refractivity contribution in [2.24, 2.45) is 4.99 Å². The van der Waals surface area contributed by atoms with Crippen molar-refractivity contribution >= 4 is 29.5 Å². The molecule has 5 heteroatoms. The lowest BCUT2D eigenvalue weighted by molar-refractivity contribution is -0.113. The summed E-state index contributed by atoms with van der Waals surface area (Å²) in [5.41, 5.74) is 5.36. The SMILES string of the molecule is COC(=O)c1ccc(/C=C2/N=C(c3cccc(C)c3)N(c3cccc(C)c3)C2=O)cc1. The lowest BCUT2D eigenvalue weighted by Gasteiger charge is -2.19. The molecule has 0 saturated heterocycles. The summed E-state index contributed by atoms with van der Waals surface area (Å²) in [4.78, 5) is 31.4. The zero-order valence-electron chi connectivity index (χ0n) is 17.6. The lowest BCUT2D eigenvalue weighted by atomic mass is 10.1. The molecule has 0 fully saturated rings. The number of hydrogen-bond acceptors (Lipinski definition) is 4. The molecule has 3 aromatic carbocycles. The molecule has 0 atom stereocenters. The lowest BCUT2D eigenvalue weighted by Crippen LogP contribution is -2.32. The Bertz CT molecular complexity index is 1220. The van der Waals surface area contributed by atoms with Crippen molar-refractivity contribution in [1.82, 2.24) is 0 Å². The van der Waals surface area contributed by atoms with Gasteiger partial charge in [-0.1, -0.05) is 48.0 Å². The van der Waals surface area contributed by atoms with E-state index in [-0.39, 0.29) is 5.91 Å². The van der Waals surface area contributed by atoms with Gasteiger partial charge in [-0.25, -0.2) is 9.79 Å². The standard InChI is InChI=1S/C26H22N2O3/c1-17-6-4-8-21(14-17)24-27-23(16-19-10-12-20(13-11-19)26(30)31-3)25(29)28(24)22-9-5-7-18(2)15-22/h4-16H,1-3H3/b23-16+. The van der Waals surface area contributed by atoms with E-state index in [0.717, 1.165) is 27.9 Å². The monoisotopic (exact) mass is 410 g/mol. The molecule has 1 heterocycles. The first-order chi connectivity index (χ1) is 15.0. The summed E-state index contributed by atoms with van der Waals surface area (Å²) < 4.78 is 4.74. The maximum Gasteiger partial charge on any atom is 0.337 e. The average Bonchev–Trinajstić information content (AvgIpc) is 3.10. The van der Waals surface area contributed by atoms with Gasteiger partial charge in [-0.2, -0.15) is 0 Å². The van der Waals surface area contributed by atoms with Crippen molar-refractivity contribution < 1.29 is 14.3 Å². The largest absolute Gasteiger partial charge is 0.465 e. The average molecular weight is 410 g/mol. The van der Waals surface area contributed by atoms with Crippen LogP contribution in [0.1, 0.15) is 32.6 Å². The molecule has 31 heavy (non-hydrogen) atoms. The zero-order chi connectivity index (χ0) is 22.0. The number of aliphatic imine (C=N–C) groups is 1. The van der Waals surface area contributed by atoms with E-state index in [1.54, 1.807) is 35.2 Å². The maximum atomic E-state index is 13.4. The van der Waals surface area contributed by atoms with Gasteiger partial charge >= 0.3 is 5.97 Å². The number of benzene rings is 3. The number of aryl methyl sites for hydroxylation is 2. The number of nitrogens with zero attached hydrogens (tertiary/aromatic N) is 2. The van der Waals surface area contributed by atoms with E-state index >= 15 is 0 Å². The van der Waals surface area contributed by atoms with Gasteiger partial charge in [-0.15, -0.1) is 0 Å². The highest BCUT2D eigenvalue weighted by Gasteiger charge is 2.32. The molecule has 3 aromatic rings. The minimum atomic E-state index is -0.401. The van der Waals surface area contributed by atoms with E-state index in [1.807, 2.05) is 62.4 Å². The van der Waals surface area contributed by atoms with Crippen LogP contribution in [0, 0.1) is 13.8 Å². The van der Waals surface area contributed by atoms with Crippen molar-refractivity contribution in [3.8, 4) is 0 Å². The van der Waals surface area contributed by atoms with Gasteiger partial charge in [0.05, 0.1) is 18.4 Å². The summed E-state index contributed by atoms with van der Waals surface area (Å²) in [6.07, 6.45) is 1.73. The quantitative estimate of drug-likeness (QED) is 0.453. The fraction of sp³-hybridized carbons (Fsp3) is 0.115. The van der Waals surface area contributed by atoms with Gasteiger partial charge in [-0.05, 0) is 61.4 Å². The Morgan fingerprint density at radius 3 is 2.26 bits per heavy atom. The summed E-state index contributed by atoms with van der Waals surface area (Å²) >= 11 is 0. The second kappa shape index (κ2) is 8.40. The summed E-state index contributed by atoms with van der Waals surface area (Å²) in [7, 11) is 1.34. The molecule has 1 aliphatic heterocycles. The van der Waals surface area contributed by atoms with Gasteiger partial charge in [0.25, 0.3) is 5.91 Å². The molecule has 0 aromatic heterocycles. The van der Waals surface area contributed by atoms with E-state index in [0.29, 0.717) is 17.1 Å². The fourth-order valence-corrected chi connectivity index (χ4v) is 3.49. The van der Waals surface area contributed by atoms with Crippen LogP contribution in [-0.4, -0.2) is 24.8 Å². The van der Waals surface area contributed by atoms with Crippen LogP contribution < -0.4 is 4.90 Å². The number of amidine groups is 1. The topological polar surface area (TPSA) is 59.0 Å². The van der Waals surface area contributed by atoms with E-state index < -0.39 is 5.97 Å². The highest BCUT2D eigenvalue weighted by atomic mass is 16.5. The van der Waals surface area contributed by atoms with Crippen LogP contribution in [0.15, 0.2) is 83.5 Å². The molecular weight excluding hydrogens is 388 g/mol. The van der Waals surface area contributed by atoms with Gasteiger partial charge in [0, 0.05) is 5.56 Å². The van der Waals surface area contributed by atoms with E-state index in [1.165, 1.54) is 7.11 Å². The van der Waals surface area contributed by atoms with Crippen molar-refractivity contribution in [2.75, 3.05) is 12.0 Å². The third-order valence-corrected chi connectivity index (χ3v) is 5.03. The van der Waals surface area contributed by atoms with Crippen LogP contribution in [0.4, 0.5) is 5.69 Å². The Labute approximate surface area is 181 Å². The molecule has 1 amide bonds. The number of esters is 1. The van der Waals surface area contributed by atoms with Gasteiger partial charge in [0.15, 0.2) is 0 Å². The Balaban J connectivity index is 1.77. The summed E-state index contributed by atoms with van der Waals surface area (Å²) in [6.45, 7) is 4.00. The van der Waals surface area contributed by atoms with E-state index in [9.17, 15) is 9.59 Å². The third kappa shape index (κ3) is 4.16. The zero-order valence-corrected chi connectivity index (χ0v) is 17.6. The normalized spacial score (nSPS) is 14.7. The molecule has 4 rings (SSSR count). The number of ether oxygens (including phenoxy) is 1. The Hall–Kier alpha value is -3.99. The van der Waals surface area contributed by atoms with Crippen LogP contribution >= 0.6 is 0 Å². The first-order valence-corrected chi connectivity index (χ1v) is 9.93. The number of carbonyl (C=O) groups excluding carboxylic acids is 2. The van der Waals surface area contributed by atoms with Gasteiger partial charge in [-0.3, -0.25) is 9.69 Å². The minimum Gasteiger partial charge on any atom is -0.465 e. The fourth-order valence-electron chi connectivity index (χ4n) is 3.49. The summed E-state index contributed by atoms with van der Waals surface area (Å²) in [6, 6.07) is 22.6. The second-order valence-electron chi connectivity index (χ2n) is 7.43. The Morgan fingerprint density at radius 2 is 1.61 bits per heavy atom. The van der Waals surface area contributed by atoms with Crippen LogP contribution in [-0.2, 0) is 9.53 Å². The molecule has 0 spiro atoms. The van der Waals surface area contributed by atoms with Crippen molar-refractivity contribution in [1.29, 1.82) is 0 Å². The molecule has 0 N–H and O–H groups in total. The minimum absolute atomic E-state index is 0.195. The van der Waals surface area contributed by atoms with Crippen LogP contribution in [0.5, 0.6) is 0 Å². The first kappa shape index (κ1) is 20.3. The molecular formula is C26H22N2O3. The summed E-state index contributed by atoms with van der Waals surface area (Å²) in [5.74, 6) is -0.00240. The van der Waals surface area contributed by atoms with Gasteiger partial charge in [0.2, 0.25) is 0 Å². The predicted molar refractivity (Wildman–Crippen MR) is 122 cm³/mol. The molecule has 0 saturated carbocycles. The van der Waals surface area contributed by atoms with Crippen LogP contribution in [0.2, 0.25) is 0 Å². The number of carbonyl (C=O) groups is 2. The van der Waals surface area contributed by atoms with Crippen LogP contribution in [0.25, 0.3) is 6.08 Å². The molecule has 5 nitrogen and oxygen atoms in total. The van der Waals surface area contributed by atoms with Crippen LogP contribution in [0.3, 0.4) is 0 Å². The Morgan fingerprint density at radius 1 is 0.935 bits per heavy atom. The smallest absolute Gasteiger partial charge is 0.337 e. The molecule has 1 aliphatic rings. The molecule has 154 valence electrons. The molecule has 0 unspecified atom stereocenters. The molecule has 0 radical (unpaired) electrons. The molecule has 0 aliphatic carbocycles. The number of rotatable bonds is 4. The highest BCUT2D eigenvalue weighted by molar-refractivity contribution is 6.33. The second-order valence-corrected chi connectivity index (χ2v) is 7.43. The Kier molecular flexibility index (Phi) is 5.50. The summed E-state index contributed by atoms with van der Waals surface area (Å²) in [5, 5.41) is 0. The number of hydrogen-bond donors (Lipinski definition) is 0. The van der Waals surface area contributed by atoms with E-state index in [4.69, 9.17) is 9.73 Å². The maximum absolute atomic E-state index is 13.4. The van der Waals surface area contributed by atoms with Crippen molar-refractivity contribution in [2.45, 2.75) is 13.8 Å².